The van der Waals surface area contributed by atoms with Crippen molar-refractivity contribution in [1.29, 1.82) is 0 Å². The smallest absolute Gasteiger partial charge is 0.190 e. The molecule has 0 atom stereocenters. The lowest BCUT2D eigenvalue weighted by molar-refractivity contribution is 1.32. The molecule has 17 heavy (non-hydrogen) atoms. The second kappa shape index (κ2) is 4.42. The quantitative estimate of drug-likeness (QED) is 0.780. The summed E-state index contributed by atoms with van der Waals surface area (Å²) >= 11 is 0. The van der Waals surface area contributed by atoms with Crippen LogP contribution in [0.15, 0.2) is 47.8 Å². The minimum absolute atomic E-state index is 0.0370. The van der Waals surface area contributed by atoms with E-state index < -0.39 is 0 Å². The maximum Gasteiger partial charge on any atom is 0.190 e. The molecule has 0 aliphatic carbocycles. The average Bonchev–Trinajstić information content (AvgIpc) is 2.30. The summed E-state index contributed by atoms with van der Waals surface area (Å²) in [6, 6.07) is 7.41. The monoisotopic (exact) mass is 225 g/mol. The fourth-order valence-corrected chi connectivity index (χ4v) is 1.91. The number of nitrogens with one attached hydrogen (secondary N) is 1. The summed E-state index contributed by atoms with van der Waals surface area (Å²) < 4.78 is 0. The van der Waals surface area contributed by atoms with E-state index in [2.05, 4.69) is 11.6 Å². The van der Waals surface area contributed by atoms with Crippen LogP contribution in [0.4, 0.5) is 0 Å². The van der Waals surface area contributed by atoms with Crippen molar-refractivity contribution in [3.63, 3.8) is 0 Å². The standard InChI is InChI=1S/C15H15NO/c1-4-11(5-2)13-9-15(17)12-7-6-10(3)8-14(12)16-13/h4-9H,1H2,2-3H3,(H,16,17)/b11-5+. The molecular weight excluding hydrogens is 210 g/mol. The van der Waals surface area contributed by atoms with Crippen LogP contribution in [-0.4, -0.2) is 4.98 Å². The maximum absolute atomic E-state index is 12.0. The van der Waals surface area contributed by atoms with E-state index in [1.807, 2.05) is 38.1 Å². The fourth-order valence-electron chi connectivity index (χ4n) is 1.91. The van der Waals surface area contributed by atoms with Crippen molar-refractivity contribution in [3.8, 4) is 0 Å². The van der Waals surface area contributed by atoms with E-state index in [1.165, 1.54) is 0 Å². The van der Waals surface area contributed by atoms with E-state index in [9.17, 15) is 4.79 Å². The van der Waals surface area contributed by atoms with Gasteiger partial charge in [-0.1, -0.05) is 24.8 Å². The van der Waals surface area contributed by atoms with Gasteiger partial charge in [-0.25, -0.2) is 0 Å². The molecule has 0 bridgehead atoms. The Morgan fingerprint density at radius 3 is 2.76 bits per heavy atom. The average molecular weight is 225 g/mol. The maximum atomic E-state index is 12.0. The Hall–Kier alpha value is -2.09. The molecule has 0 aliphatic rings. The van der Waals surface area contributed by atoms with E-state index in [4.69, 9.17) is 0 Å². The Balaban J connectivity index is 2.78. The highest BCUT2D eigenvalue weighted by molar-refractivity contribution is 5.82. The lowest BCUT2D eigenvalue weighted by Gasteiger charge is -2.05. The van der Waals surface area contributed by atoms with Gasteiger partial charge in [-0.3, -0.25) is 4.79 Å². The predicted molar refractivity (Wildman–Crippen MR) is 73.2 cm³/mol. The summed E-state index contributed by atoms with van der Waals surface area (Å²) in [6.45, 7) is 7.68. The summed E-state index contributed by atoms with van der Waals surface area (Å²) in [6.07, 6.45) is 3.67. The molecule has 0 saturated heterocycles. The van der Waals surface area contributed by atoms with Crippen molar-refractivity contribution in [2.45, 2.75) is 13.8 Å². The van der Waals surface area contributed by atoms with Gasteiger partial charge in [0.15, 0.2) is 5.43 Å². The minimum Gasteiger partial charge on any atom is -0.354 e. The molecule has 2 aromatic rings. The Morgan fingerprint density at radius 1 is 1.35 bits per heavy atom. The highest BCUT2D eigenvalue weighted by Gasteiger charge is 2.03. The molecule has 2 rings (SSSR count). The third kappa shape index (κ3) is 2.07. The Morgan fingerprint density at radius 2 is 2.12 bits per heavy atom. The molecule has 0 saturated carbocycles. The number of hydrogen-bond donors (Lipinski definition) is 1. The summed E-state index contributed by atoms with van der Waals surface area (Å²) in [5.41, 5.74) is 3.78. The van der Waals surface area contributed by atoms with Crippen LogP contribution in [-0.2, 0) is 0 Å². The molecule has 0 fully saturated rings. The molecule has 0 amide bonds. The van der Waals surface area contributed by atoms with E-state index in [0.29, 0.717) is 0 Å². The van der Waals surface area contributed by atoms with Gasteiger partial charge in [-0.2, -0.15) is 0 Å². The molecule has 0 unspecified atom stereocenters. The summed E-state index contributed by atoms with van der Waals surface area (Å²) in [7, 11) is 0. The van der Waals surface area contributed by atoms with Crippen LogP contribution in [0.5, 0.6) is 0 Å². The number of rotatable bonds is 2. The molecule has 2 heteroatoms. The molecule has 1 heterocycles. The number of aromatic amines is 1. The molecule has 0 spiro atoms. The summed E-state index contributed by atoms with van der Waals surface area (Å²) in [5.74, 6) is 0. The Kier molecular flexibility index (Phi) is 2.96. The van der Waals surface area contributed by atoms with Crippen molar-refractivity contribution in [1.82, 2.24) is 4.98 Å². The van der Waals surface area contributed by atoms with Crippen LogP contribution in [0.3, 0.4) is 0 Å². The van der Waals surface area contributed by atoms with Gasteiger partial charge in [0.05, 0.1) is 0 Å². The van der Waals surface area contributed by atoms with Gasteiger partial charge < -0.3 is 4.98 Å². The second-order valence-corrected chi connectivity index (χ2v) is 4.04. The number of hydrogen-bond acceptors (Lipinski definition) is 1. The van der Waals surface area contributed by atoms with Crippen LogP contribution < -0.4 is 5.43 Å². The molecule has 1 aromatic carbocycles. The van der Waals surface area contributed by atoms with Crippen LogP contribution in [0, 0.1) is 6.92 Å². The van der Waals surface area contributed by atoms with Crippen molar-refractivity contribution in [2.24, 2.45) is 0 Å². The van der Waals surface area contributed by atoms with Crippen molar-refractivity contribution >= 4 is 16.5 Å². The van der Waals surface area contributed by atoms with Gasteiger partial charge in [-0.05, 0) is 37.1 Å². The van der Waals surface area contributed by atoms with E-state index in [1.54, 1.807) is 12.1 Å². The first-order valence-electron chi connectivity index (χ1n) is 5.58. The lowest BCUT2D eigenvalue weighted by atomic mass is 10.1. The minimum atomic E-state index is 0.0370. The van der Waals surface area contributed by atoms with E-state index in [-0.39, 0.29) is 5.43 Å². The summed E-state index contributed by atoms with van der Waals surface area (Å²) in [4.78, 5) is 15.2. The SMILES string of the molecule is C=C/C(=C\C)c1cc(=O)c2ccc(C)cc2[nH]1. The van der Waals surface area contributed by atoms with Crippen LogP contribution >= 0.6 is 0 Å². The Bertz CT molecular complexity index is 662. The van der Waals surface area contributed by atoms with Gasteiger partial charge in [0.2, 0.25) is 0 Å². The number of benzene rings is 1. The number of allylic oxidation sites excluding steroid dienone is 3. The number of aromatic nitrogens is 1. The topological polar surface area (TPSA) is 32.9 Å². The van der Waals surface area contributed by atoms with Gasteiger partial charge >= 0.3 is 0 Å². The third-order valence-electron chi connectivity index (χ3n) is 2.83. The van der Waals surface area contributed by atoms with Crippen LogP contribution in [0.1, 0.15) is 18.2 Å². The van der Waals surface area contributed by atoms with Gasteiger partial charge in [-0.15, -0.1) is 0 Å². The normalized spacial score (nSPS) is 11.8. The van der Waals surface area contributed by atoms with Crippen LogP contribution in [0.2, 0.25) is 0 Å². The first-order chi connectivity index (χ1) is 8.15. The zero-order valence-electron chi connectivity index (χ0n) is 10.1. The predicted octanol–water partition coefficient (Wildman–Crippen LogP) is 3.43. The first-order valence-corrected chi connectivity index (χ1v) is 5.58. The van der Waals surface area contributed by atoms with Crippen molar-refractivity contribution in [3.05, 3.63) is 64.5 Å². The second-order valence-electron chi connectivity index (χ2n) is 4.04. The van der Waals surface area contributed by atoms with Gasteiger partial charge in [0.25, 0.3) is 0 Å². The number of aryl methyl sites for hydroxylation is 1. The number of fused-ring (bicyclic) bond motifs is 1. The molecular formula is C15H15NO. The Labute approximate surface area is 100 Å². The highest BCUT2D eigenvalue weighted by Crippen LogP contribution is 2.16. The third-order valence-corrected chi connectivity index (χ3v) is 2.83. The zero-order valence-corrected chi connectivity index (χ0v) is 10.1. The summed E-state index contributed by atoms with van der Waals surface area (Å²) in [5, 5.41) is 0.721. The molecule has 86 valence electrons. The molecule has 0 aliphatic heterocycles. The van der Waals surface area contributed by atoms with Crippen molar-refractivity contribution < 1.29 is 0 Å². The molecule has 2 nitrogen and oxygen atoms in total. The van der Waals surface area contributed by atoms with Gasteiger partial charge in [0.1, 0.15) is 0 Å². The largest absolute Gasteiger partial charge is 0.354 e. The molecule has 1 N–H and O–H groups in total. The van der Waals surface area contributed by atoms with E-state index >= 15 is 0 Å². The number of pyridine rings is 1. The highest BCUT2D eigenvalue weighted by atomic mass is 16.1. The van der Waals surface area contributed by atoms with Crippen molar-refractivity contribution in [2.75, 3.05) is 0 Å². The van der Waals surface area contributed by atoms with Crippen LogP contribution in [0.25, 0.3) is 16.5 Å². The number of H-pyrrole nitrogens is 1. The van der Waals surface area contributed by atoms with E-state index in [0.717, 1.165) is 27.7 Å². The first kappa shape index (κ1) is 11.4. The fraction of sp³-hybridized carbons (Fsp3) is 0.133. The molecule has 0 radical (unpaired) electrons. The zero-order chi connectivity index (χ0) is 12.4. The van der Waals surface area contributed by atoms with Gasteiger partial charge in [0, 0.05) is 22.7 Å². The molecule has 1 aromatic heterocycles. The lowest BCUT2D eigenvalue weighted by Crippen LogP contribution is -2.04.